The van der Waals surface area contributed by atoms with Gasteiger partial charge in [-0.2, -0.15) is 13.2 Å². The summed E-state index contributed by atoms with van der Waals surface area (Å²) in [6.45, 7) is 7.04. The number of anilines is 1. The molecule has 2 aromatic heterocycles. The predicted molar refractivity (Wildman–Crippen MR) is 130 cm³/mol. The van der Waals surface area contributed by atoms with Crippen LogP contribution in [-0.2, 0) is 6.18 Å². The summed E-state index contributed by atoms with van der Waals surface area (Å²) >= 11 is 0. The highest BCUT2D eigenvalue weighted by Crippen LogP contribution is 2.31. The third kappa shape index (κ3) is 5.63. The fourth-order valence-electron chi connectivity index (χ4n) is 4.53. The van der Waals surface area contributed by atoms with Gasteiger partial charge in [-0.25, -0.2) is 4.98 Å². The summed E-state index contributed by atoms with van der Waals surface area (Å²) in [5.74, 6) is 0.508. The number of nitrogens with one attached hydrogen (secondary N) is 1. The fourth-order valence-corrected chi connectivity index (χ4v) is 4.53. The van der Waals surface area contributed by atoms with E-state index in [1.807, 2.05) is 49.1 Å². The minimum Gasteiger partial charge on any atom is -0.368 e. The number of aromatic nitrogens is 2. The van der Waals surface area contributed by atoms with E-state index in [0.29, 0.717) is 24.5 Å². The van der Waals surface area contributed by atoms with Crippen LogP contribution in [-0.4, -0.2) is 39.9 Å². The van der Waals surface area contributed by atoms with Gasteiger partial charge in [0.2, 0.25) is 0 Å². The zero-order valence-corrected chi connectivity index (χ0v) is 20.1. The molecule has 4 rings (SSSR count). The van der Waals surface area contributed by atoms with Crippen LogP contribution in [0.25, 0.3) is 11.3 Å². The first kappa shape index (κ1) is 24.7. The SMILES string of the molecule is Cc1ccc(-c2ccc(C)cc2C(=O)N2CCC[C@@H](C)C2CNc2ccc(C(F)(F)F)cn2)nc1. The summed E-state index contributed by atoms with van der Waals surface area (Å²) in [4.78, 5) is 24.2. The maximum atomic E-state index is 13.9. The first-order chi connectivity index (χ1) is 16.6. The fraction of sp³-hybridized carbons (Fsp3) is 0.370. The Morgan fingerprint density at radius 3 is 2.49 bits per heavy atom. The molecule has 0 radical (unpaired) electrons. The van der Waals surface area contributed by atoms with Crippen molar-refractivity contribution in [1.82, 2.24) is 14.9 Å². The molecular weight excluding hydrogens is 453 g/mol. The molecule has 1 unspecified atom stereocenters. The minimum absolute atomic E-state index is 0.0650. The molecule has 1 N–H and O–H groups in total. The van der Waals surface area contributed by atoms with Gasteiger partial charge in [0, 0.05) is 36.6 Å². The third-order valence-electron chi connectivity index (χ3n) is 6.55. The topological polar surface area (TPSA) is 58.1 Å². The number of likely N-dealkylation sites (tertiary alicyclic amines) is 1. The maximum Gasteiger partial charge on any atom is 0.417 e. The number of piperidine rings is 1. The summed E-state index contributed by atoms with van der Waals surface area (Å²) in [7, 11) is 0. The van der Waals surface area contributed by atoms with Crippen molar-refractivity contribution in [2.24, 2.45) is 5.92 Å². The number of aryl methyl sites for hydroxylation is 2. The number of halogens is 3. The Bertz CT molecular complexity index is 1180. The average Bonchev–Trinajstić information content (AvgIpc) is 2.83. The summed E-state index contributed by atoms with van der Waals surface area (Å²) in [5.41, 5.74) is 3.37. The largest absolute Gasteiger partial charge is 0.417 e. The summed E-state index contributed by atoms with van der Waals surface area (Å²) < 4.78 is 38.5. The number of benzene rings is 1. The van der Waals surface area contributed by atoms with Crippen molar-refractivity contribution < 1.29 is 18.0 Å². The van der Waals surface area contributed by atoms with E-state index in [4.69, 9.17) is 0 Å². The Balaban J connectivity index is 1.58. The molecule has 0 bridgehead atoms. The number of hydrogen-bond acceptors (Lipinski definition) is 4. The number of alkyl halides is 3. The van der Waals surface area contributed by atoms with Gasteiger partial charge in [-0.3, -0.25) is 9.78 Å². The number of carbonyl (C=O) groups is 1. The lowest BCUT2D eigenvalue weighted by Gasteiger charge is -2.40. The van der Waals surface area contributed by atoms with Gasteiger partial charge in [-0.05, 0) is 62.4 Å². The van der Waals surface area contributed by atoms with Gasteiger partial charge in [-0.1, -0.05) is 30.7 Å². The van der Waals surface area contributed by atoms with Crippen LogP contribution in [0.5, 0.6) is 0 Å². The van der Waals surface area contributed by atoms with Crippen LogP contribution < -0.4 is 5.32 Å². The quantitative estimate of drug-likeness (QED) is 0.475. The van der Waals surface area contributed by atoms with E-state index >= 15 is 0 Å². The van der Waals surface area contributed by atoms with Crippen molar-refractivity contribution in [2.75, 3.05) is 18.4 Å². The number of rotatable bonds is 5. The summed E-state index contributed by atoms with van der Waals surface area (Å²) in [5, 5.41) is 3.14. The van der Waals surface area contributed by atoms with E-state index in [2.05, 4.69) is 22.2 Å². The highest BCUT2D eigenvalue weighted by molar-refractivity contribution is 6.01. The second-order valence-electron chi connectivity index (χ2n) is 9.27. The van der Waals surface area contributed by atoms with Crippen LogP contribution in [0, 0.1) is 19.8 Å². The first-order valence-electron chi connectivity index (χ1n) is 11.8. The zero-order valence-electron chi connectivity index (χ0n) is 20.1. The molecule has 1 saturated heterocycles. The van der Waals surface area contributed by atoms with E-state index < -0.39 is 11.7 Å². The van der Waals surface area contributed by atoms with Crippen LogP contribution >= 0.6 is 0 Å². The van der Waals surface area contributed by atoms with Gasteiger partial charge < -0.3 is 10.2 Å². The van der Waals surface area contributed by atoms with Crippen LogP contribution in [0.4, 0.5) is 19.0 Å². The van der Waals surface area contributed by atoms with Gasteiger partial charge in [0.25, 0.3) is 5.91 Å². The van der Waals surface area contributed by atoms with Crippen LogP contribution in [0.1, 0.15) is 46.8 Å². The number of pyridine rings is 2. The molecule has 3 heterocycles. The van der Waals surface area contributed by atoms with E-state index in [1.165, 1.54) is 6.07 Å². The molecular formula is C27H29F3N4O. The van der Waals surface area contributed by atoms with Crippen LogP contribution in [0.3, 0.4) is 0 Å². The molecule has 0 aliphatic carbocycles. The standard InChI is InChI=1S/C27H29F3N4O/c1-17-6-9-21(23-10-7-18(2)14-31-23)22(13-17)26(35)34-12-4-5-19(3)24(34)16-33-25-11-8-20(15-32-25)27(28,29)30/h6-11,13-15,19,24H,4-5,12,16H2,1-3H3,(H,32,33)/t19-,24?/m1/s1. The lowest BCUT2D eigenvalue weighted by molar-refractivity contribution is -0.137. The van der Waals surface area contributed by atoms with Gasteiger partial charge in [0.15, 0.2) is 0 Å². The first-order valence-corrected chi connectivity index (χ1v) is 11.8. The Labute approximate surface area is 203 Å². The zero-order chi connectivity index (χ0) is 25.2. The molecule has 5 nitrogen and oxygen atoms in total. The van der Waals surface area contributed by atoms with Crippen molar-refractivity contribution in [2.45, 2.75) is 45.8 Å². The van der Waals surface area contributed by atoms with Gasteiger partial charge in [0.1, 0.15) is 5.82 Å². The molecule has 0 spiro atoms. The molecule has 1 aromatic carbocycles. The van der Waals surface area contributed by atoms with Gasteiger partial charge >= 0.3 is 6.18 Å². The van der Waals surface area contributed by atoms with Crippen LogP contribution in [0.15, 0.2) is 54.9 Å². The highest BCUT2D eigenvalue weighted by Gasteiger charge is 2.34. The molecule has 184 valence electrons. The van der Waals surface area contributed by atoms with Gasteiger partial charge in [-0.15, -0.1) is 0 Å². The molecule has 1 amide bonds. The Kier molecular flexibility index (Phi) is 7.10. The van der Waals surface area contributed by atoms with Gasteiger partial charge in [0.05, 0.1) is 17.3 Å². The maximum absolute atomic E-state index is 13.9. The van der Waals surface area contributed by atoms with Crippen LogP contribution in [0.2, 0.25) is 0 Å². The number of amides is 1. The Morgan fingerprint density at radius 2 is 1.83 bits per heavy atom. The summed E-state index contributed by atoms with van der Waals surface area (Å²) in [6, 6.07) is 11.9. The normalized spacial score (nSPS) is 18.4. The van der Waals surface area contributed by atoms with Crippen molar-refractivity contribution in [3.05, 3.63) is 77.1 Å². The number of hydrogen-bond donors (Lipinski definition) is 1. The Hall–Kier alpha value is -3.42. The van der Waals surface area contributed by atoms with E-state index in [1.54, 1.807) is 6.20 Å². The van der Waals surface area contributed by atoms with Crippen molar-refractivity contribution in [1.29, 1.82) is 0 Å². The summed E-state index contributed by atoms with van der Waals surface area (Å²) in [6.07, 6.45) is 0.0481. The third-order valence-corrected chi connectivity index (χ3v) is 6.55. The van der Waals surface area contributed by atoms with E-state index in [0.717, 1.165) is 47.5 Å². The molecule has 0 saturated carbocycles. The van der Waals surface area contributed by atoms with E-state index in [-0.39, 0.29) is 17.9 Å². The van der Waals surface area contributed by atoms with E-state index in [9.17, 15) is 18.0 Å². The molecule has 1 aliphatic heterocycles. The molecule has 2 atom stereocenters. The highest BCUT2D eigenvalue weighted by atomic mass is 19.4. The second-order valence-corrected chi connectivity index (χ2v) is 9.27. The molecule has 1 aliphatic rings. The smallest absolute Gasteiger partial charge is 0.368 e. The average molecular weight is 483 g/mol. The molecule has 35 heavy (non-hydrogen) atoms. The monoisotopic (exact) mass is 482 g/mol. The number of carbonyl (C=O) groups excluding carboxylic acids is 1. The Morgan fingerprint density at radius 1 is 1.06 bits per heavy atom. The lowest BCUT2D eigenvalue weighted by Crippen LogP contribution is -2.51. The second kappa shape index (κ2) is 10.1. The molecule has 1 fully saturated rings. The van der Waals surface area contributed by atoms with Crippen molar-refractivity contribution >= 4 is 11.7 Å². The van der Waals surface area contributed by atoms with Crippen molar-refractivity contribution in [3.8, 4) is 11.3 Å². The molecule has 3 aromatic rings. The lowest BCUT2D eigenvalue weighted by atomic mass is 9.89. The molecule has 8 heteroatoms. The predicted octanol–water partition coefficient (Wildman–Crippen LogP) is 6.13. The van der Waals surface area contributed by atoms with Crippen molar-refractivity contribution in [3.63, 3.8) is 0 Å². The number of nitrogens with zero attached hydrogens (tertiary/aromatic N) is 3. The minimum atomic E-state index is -4.43.